The van der Waals surface area contributed by atoms with Crippen LogP contribution in [-0.2, 0) is 13.2 Å². The lowest BCUT2D eigenvalue weighted by atomic mass is 10.1. The fourth-order valence-electron chi connectivity index (χ4n) is 1.82. The highest BCUT2D eigenvalue weighted by Crippen LogP contribution is 2.20. The molecule has 0 saturated heterocycles. The lowest BCUT2D eigenvalue weighted by Crippen LogP contribution is -1.98. The second-order valence-corrected chi connectivity index (χ2v) is 4.28. The molecule has 102 valence electrons. The minimum atomic E-state index is 0.403. The van der Waals surface area contributed by atoms with Gasteiger partial charge in [0.2, 0.25) is 0 Å². The minimum Gasteiger partial charge on any atom is -0.495 e. The summed E-state index contributed by atoms with van der Waals surface area (Å²) in [6, 6.07) is 15.2. The normalized spacial score (nSPS) is 9.85. The van der Waals surface area contributed by atoms with E-state index < -0.39 is 0 Å². The highest BCUT2D eigenvalue weighted by molar-refractivity contribution is 5.45. The molecule has 0 aliphatic rings. The summed E-state index contributed by atoms with van der Waals surface area (Å²) < 4.78 is 10.8. The van der Waals surface area contributed by atoms with Crippen LogP contribution < -0.4 is 15.2 Å². The molecule has 2 aromatic rings. The highest BCUT2D eigenvalue weighted by atomic mass is 16.5. The van der Waals surface area contributed by atoms with Gasteiger partial charge in [-0.15, -0.1) is 0 Å². The van der Waals surface area contributed by atoms with Crippen molar-refractivity contribution in [2.45, 2.75) is 13.2 Å². The van der Waals surface area contributed by atoms with E-state index in [4.69, 9.17) is 20.5 Å². The quantitative estimate of drug-likeness (QED) is 0.905. The van der Waals surface area contributed by atoms with Crippen LogP contribution in [-0.4, -0.2) is 7.11 Å². The molecule has 4 heteroatoms. The van der Waals surface area contributed by atoms with E-state index in [1.54, 1.807) is 19.2 Å². The Bertz CT molecular complexity index is 615. The molecule has 0 heterocycles. The van der Waals surface area contributed by atoms with Crippen LogP contribution in [0.5, 0.6) is 11.5 Å². The maximum absolute atomic E-state index is 9.03. The maximum Gasteiger partial charge on any atom is 0.136 e. The molecule has 0 fully saturated rings. The molecule has 0 atom stereocenters. The number of hydrogen-bond acceptors (Lipinski definition) is 4. The minimum absolute atomic E-state index is 0.403. The summed E-state index contributed by atoms with van der Waals surface area (Å²) in [5.41, 5.74) is 8.03. The molecule has 4 nitrogen and oxygen atoms in total. The Labute approximate surface area is 118 Å². The Balaban J connectivity index is 2.05. The van der Waals surface area contributed by atoms with E-state index in [1.807, 2.05) is 30.3 Å². The summed E-state index contributed by atoms with van der Waals surface area (Å²) in [7, 11) is 1.55. The summed E-state index contributed by atoms with van der Waals surface area (Å²) in [4.78, 5) is 0. The van der Waals surface area contributed by atoms with Crippen LogP contribution in [0.3, 0.4) is 0 Å². The largest absolute Gasteiger partial charge is 0.495 e. The zero-order valence-electron chi connectivity index (χ0n) is 11.3. The van der Waals surface area contributed by atoms with Gasteiger partial charge >= 0.3 is 0 Å². The number of benzene rings is 2. The van der Waals surface area contributed by atoms with Gasteiger partial charge in [-0.1, -0.05) is 18.2 Å². The van der Waals surface area contributed by atoms with Crippen molar-refractivity contribution in [1.82, 2.24) is 0 Å². The summed E-state index contributed by atoms with van der Waals surface area (Å²) in [5, 5.41) is 9.03. The predicted octanol–water partition coefficient (Wildman–Crippen LogP) is 2.60. The Morgan fingerprint density at radius 3 is 2.40 bits per heavy atom. The number of methoxy groups -OCH3 is 1. The third-order valence-corrected chi connectivity index (χ3v) is 2.95. The fraction of sp³-hybridized carbons (Fsp3) is 0.188. The zero-order chi connectivity index (χ0) is 14.4. The van der Waals surface area contributed by atoms with Crippen LogP contribution in [0.25, 0.3) is 0 Å². The van der Waals surface area contributed by atoms with Crippen LogP contribution in [0, 0.1) is 11.3 Å². The SMILES string of the molecule is COc1ccc(COc2ccc(CN)cc2)cc1C#N. The van der Waals surface area contributed by atoms with Gasteiger partial charge in [-0.2, -0.15) is 5.26 Å². The molecule has 0 amide bonds. The van der Waals surface area contributed by atoms with Crippen molar-refractivity contribution < 1.29 is 9.47 Å². The molecule has 20 heavy (non-hydrogen) atoms. The number of nitrogens with zero attached hydrogens (tertiary/aromatic N) is 1. The fourth-order valence-corrected chi connectivity index (χ4v) is 1.82. The number of nitriles is 1. The van der Waals surface area contributed by atoms with Crippen LogP contribution in [0.2, 0.25) is 0 Å². The molecule has 0 unspecified atom stereocenters. The van der Waals surface area contributed by atoms with Gasteiger partial charge in [0.15, 0.2) is 0 Å². The molecule has 2 N–H and O–H groups in total. The first-order valence-electron chi connectivity index (χ1n) is 6.25. The van der Waals surface area contributed by atoms with Crippen molar-refractivity contribution >= 4 is 0 Å². The van der Waals surface area contributed by atoms with E-state index in [2.05, 4.69) is 6.07 Å². The summed E-state index contributed by atoms with van der Waals surface area (Å²) in [5.74, 6) is 1.35. The van der Waals surface area contributed by atoms with Crippen molar-refractivity contribution in [3.63, 3.8) is 0 Å². The van der Waals surface area contributed by atoms with E-state index in [0.29, 0.717) is 24.5 Å². The first kappa shape index (κ1) is 13.9. The number of hydrogen-bond donors (Lipinski definition) is 1. The van der Waals surface area contributed by atoms with E-state index in [1.165, 1.54) is 0 Å². The summed E-state index contributed by atoms with van der Waals surface area (Å²) >= 11 is 0. The molecule has 0 radical (unpaired) electrons. The molecular weight excluding hydrogens is 252 g/mol. The van der Waals surface area contributed by atoms with Gasteiger partial charge in [-0.25, -0.2) is 0 Å². The van der Waals surface area contributed by atoms with Crippen molar-refractivity contribution in [3.8, 4) is 17.6 Å². The number of rotatable bonds is 5. The molecule has 0 aromatic heterocycles. The summed E-state index contributed by atoms with van der Waals surface area (Å²) in [6.07, 6.45) is 0. The van der Waals surface area contributed by atoms with E-state index in [9.17, 15) is 0 Å². The zero-order valence-corrected chi connectivity index (χ0v) is 11.3. The second kappa shape index (κ2) is 6.60. The predicted molar refractivity (Wildman–Crippen MR) is 76.4 cm³/mol. The van der Waals surface area contributed by atoms with Crippen molar-refractivity contribution in [3.05, 3.63) is 59.2 Å². The van der Waals surface area contributed by atoms with Crippen LogP contribution in [0.4, 0.5) is 0 Å². The molecule has 0 aliphatic heterocycles. The molecule has 2 aromatic carbocycles. The Kier molecular flexibility index (Phi) is 4.59. The van der Waals surface area contributed by atoms with E-state index >= 15 is 0 Å². The molecular formula is C16H16N2O2. The first-order valence-corrected chi connectivity index (χ1v) is 6.25. The highest BCUT2D eigenvalue weighted by Gasteiger charge is 2.04. The Hall–Kier alpha value is -2.51. The average molecular weight is 268 g/mol. The lowest BCUT2D eigenvalue weighted by molar-refractivity contribution is 0.306. The van der Waals surface area contributed by atoms with Gasteiger partial charge in [-0.05, 0) is 35.4 Å². The standard InChI is InChI=1S/C16H16N2O2/c1-19-16-7-4-13(8-14(16)10-18)11-20-15-5-2-12(9-17)3-6-15/h2-8H,9,11,17H2,1H3. The van der Waals surface area contributed by atoms with E-state index in [-0.39, 0.29) is 0 Å². The van der Waals surface area contributed by atoms with E-state index in [0.717, 1.165) is 16.9 Å². The number of nitrogens with two attached hydrogens (primary N) is 1. The Morgan fingerprint density at radius 2 is 1.80 bits per heavy atom. The number of ether oxygens (including phenoxy) is 2. The topological polar surface area (TPSA) is 68.3 Å². The lowest BCUT2D eigenvalue weighted by Gasteiger charge is -2.08. The van der Waals surface area contributed by atoms with Gasteiger partial charge in [-0.3, -0.25) is 0 Å². The third kappa shape index (κ3) is 3.28. The first-order chi connectivity index (χ1) is 9.76. The average Bonchev–Trinajstić information content (AvgIpc) is 2.53. The van der Waals surface area contributed by atoms with Crippen molar-refractivity contribution in [1.29, 1.82) is 5.26 Å². The second-order valence-electron chi connectivity index (χ2n) is 4.28. The van der Waals surface area contributed by atoms with Gasteiger partial charge < -0.3 is 15.2 Å². The monoisotopic (exact) mass is 268 g/mol. The van der Waals surface area contributed by atoms with Crippen LogP contribution in [0.15, 0.2) is 42.5 Å². The summed E-state index contributed by atoms with van der Waals surface area (Å²) in [6.45, 7) is 0.922. The molecule has 2 rings (SSSR count). The van der Waals surface area contributed by atoms with Crippen molar-refractivity contribution in [2.24, 2.45) is 5.73 Å². The Morgan fingerprint density at radius 1 is 1.10 bits per heavy atom. The van der Waals surface area contributed by atoms with Gasteiger partial charge in [0.05, 0.1) is 12.7 Å². The molecule has 0 spiro atoms. The van der Waals surface area contributed by atoms with Gasteiger partial charge in [0, 0.05) is 6.54 Å². The molecule has 0 aliphatic carbocycles. The van der Waals surface area contributed by atoms with Crippen LogP contribution in [0.1, 0.15) is 16.7 Å². The third-order valence-electron chi connectivity index (χ3n) is 2.95. The van der Waals surface area contributed by atoms with Gasteiger partial charge in [0.1, 0.15) is 24.2 Å². The smallest absolute Gasteiger partial charge is 0.136 e. The van der Waals surface area contributed by atoms with Crippen molar-refractivity contribution in [2.75, 3.05) is 7.11 Å². The van der Waals surface area contributed by atoms with Gasteiger partial charge in [0.25, 0.3) is 0 Å². The van der Waals surface area contributed by atoms with Crippen LogP contribution >= 0.6 is 0 Å². The molecule has 0 bridgehead atoms. The maximum atomic E-state index is 9.03. The molecule has 0 saturated carbocycles.